The van der Waals surface area contributed by atoms with E-state index in [9.17, 15) is 0 Å². The van der Waals surface area contributed by atoms with Crippen LogP contribution in [-0.2, 0) is 13.1 Å². The Labute approximate surface area is 135 Å². The molecule has 4 nitrogen and oxygen atoms in total. The molecule has 0 bridgehead atoms. The Kier molecular flexibility index (Phi) is 3.46. The van der Waals surface area contributed by atoms with Gasteiger partial charge in [-0.3, -0.25) is 4.90 Å². The predicted molar refractivity (Wildman–Crippen MR) is 88.6 cm³/mol. The Morgan fingerprint density at radius 1 is 0.913 bits per heavy atom. The molecule has 0 fully saturated rings. The molecule has 0 N–H and O–H groups in total. The lowest BCUT2D eigenvalue weighted by Crippen LogP contribution is -2.25. The molecule has 4 rings (SSSR count). The molecule has 0 radical (unpaired) electrons. The fourth-order valence-electron chi connectivity index (χ4n) is 3.25. The topological polar surface area (TPSA) is 42.2 Å². The van der Waals surface area contributed by atoms with Crippen molar-refractivity contribution in [3.05, 3.63) is 71.4 Å². The highest BCUT2D eigenvalue weighted by Gasteiger charge is 2.25. The van der Waals surface area contributed by atoms with Crippen LogP contribution in [0.15, 0.2) is 52.9 Å². The van der Waals surface area contributed by atoms with E-state index in [0.29, 0.717) is 11.8 Å². The molecule has 0 amide bonds. The van der Waals surface area contributed by atoms with Crippen molar-refractivity contribution < 1.29 is 4.42 Å². The van der Waals surface area contributed by atoms with E-state index in [1.54, 1.807) is 0 Å². The Morgan fingerprint density at radius 3 is 2.00 bits per heavy atom. The van der Waals surface area contributed by atoms with Crippen molar-refractivity contribution in [2.45, 2.75) is 33.0 Å². The Morgan fingerprint density at radius 2 is 1.48 bits per heavy atom. The maximum atomic E-state index is 5.65. The lowest BCUT2D eigenvalue weighted by Gasteiger charge is -2.25. The van der Waals surface area contributed by atoms with E-state index >= 15 is 0 Å². The third-order valence-corrected chi connectivity index (χ3v) is 4.52. The van der Waals surface area contributed by atoms with E-state index in [0.717, 1.165) is 13.1 Å². The average molecular weight is 305 g/mol. The molecular formula is C19H19N3O. The minimum Gasteiger partial charge on any atom is -0.424 e. The van der Waals surface area contributed by atoms with Gasteiger partial charge in [-0.05, 0) is 29.2 Å². The fraction of sp³-hybridized carbons (Fsp3) is 0.263. The molecule has 2 heterocycles. The third-order valence-electron chi connectivity index (χ3n) is 4.52. The van der Waals surface area contributed by atoms with Gasteiger partial charge in [-0.15, -0.1) is 10.2 Å². The summed E-state index contributed by atoms with van der Waals surface area (Å²) in [6.07, 6.45) is 0. The number of hydrogen-bond donors (Lipinski definition) is 0. The van der Waals surface area contributed by atoms with Crippen LogP contribution in [0, 0.1) is 6.92 Å². The number of benzene rings is 2. The largest absolute Gasteiger partial charge is 0.424 e. The number of hydrogen-bond acceptors (Lipinski definition) is 4. The van der Waals surface area contributed by atoms with Crippen molar-refractivity contribution >= 4 is 0 Å². The van der Waals surface area contributed by atoms with E-state index in [2.05, 4.69) is 70.6 Å². The molecule has 0 saturated carbocycles. The molecule has 1 aliphatic rings. The van der Waals surface area contributed by atoms with E-state index in [-0.39, 0.29) is 6.04 Å². The number of nitrogens with zero attached hydrogens (tertiary/aromatic N) is 3. The summed E-state index contributed by atoms with van der Waals surface area (Å²) in [5.41, 5.74) is 5.31. The second kappa shape index (κ2) is 5.63. The molecule has 1 atom stereocenters. The number of fused-ring (bicyclic) bond motifs is 3. The van der Waals surface area contributed by atoms with Crippen molar-refractivity contribution in [3.63, 3.8) is 0 Å². The Hall–Kier alpha value is -2.46. The highest BCUT2D eigenvalue weighted by atomic mass is 16.4. The minimum absolute atomic E-state index is 0.0791. The molecule has 4 heteroatoms. The molecule has 1 aliphatic heterocycles. The first-order valence-corrected chi connectivity index (χ1v) is 7.92. The van der Waals surface area contributed by atoms with Gasteiger partial charge < -0.3 is 4.42 Å². The van der Waals surface area contributed by atoms with Crippen LogP contribution in [0.1, 0.15) is 35.9 Å². The van der Waals surface area contributed by atoms with Gasteiger partial charge in [0.25, 0.3) is 0 Å². The summed E-state index contributed by atoms with van der Waals surface area (Å²) in [4.78, 5) is 2.39. The lowest BCUT2D eigenvalue weighted by molar-refractivity contribution is 0.166. The van der Waals surface area contributed by atoms with Gasteiger partial charge in [0.05, 0.1) is 6.04 Å². The van der Waals surface area contributed by atoms with Gasteiger partial charge in [-0.1, -0.05) is 48.5 Å². The maximum Gasteiger partial charge on any atom is 0.233 e. The maximum absolute atomic E-state index is 5.65. The van der Waals surface area contributed by atoms with Gasteiger partial charge in [0.2, 0.25) is 11.8 Å². The monoisotopic (exact) mass is 305 g/mol. The van der Waals surface area contributed by atoms with E-state index in [1.165, 1.54) is 22.3 Å². The van der Waals surface area contributed by atoms with Crippen molar-refractivity contribution in [1.29, 1.82) is 0 Å². The lowest BCUT2D eigenvalue weighted by atomic mass is 9.97. The summed E-state index contributed by atoms with van der Waals surface area (Å²) >= 11 is 0. The molecule has 116 valence electrons. The molecule has 0 unspecified atom stereocenters. The zero-order valence-electron chi connectivity index (χ0n) is 13.4. The minimum atomic E-state index is 0.0791. The summed E-state index contributed by atoms with van der Waals surface area (Å²) in [6, 6.07) is 17.3. The second-order valence-corrected chi connectivity index (χ2v) is 6.05. The van der Waals surface area contributed by atoms with Crippen molar-refractivity contribution in [1.82, 2.24) is 15.1 Å². The first kappa shape index (κ1) is 14.2. The zero-order valence-corrected chi connectivity index (χ0v) is 13.4. The SMILES string of the molecule is Cc1nnc([C@H](C)N2Cc3ccccc3-c3ccccc3C2)o1. The van der Waals surface area contributed by atoms with E-state index < -0.39 is 0 Å². The molecule has 0 spiro atoms. The van der Waals surface area contributed by atoms with Crippen LogP contribution in [0.2, 0.25) is 0 Å². The van der Waals surface area contributed by atoms with Gasteiger partial charge in [-0.25, -0.2) is 0 Å². The first-order chi connectivity index (χ1) is 11.2. The highest BCUT2D eigenvalue weighted by molar-refractivity contribution is 5.71. The summed E-state index contributed by atoms with van der Waals surface area (Å²) in [6.45, 7) is 5.70. The third kappa shape index (κ3) is 2.55. The first-order valence-electron chi connectivity index (χ1n) is 7.92. The molecule has 23 heavy (non-hydrogen) atoms. The highest BCUT2D eigenvalue weighted by Crippen LogP contribution is 2.35. The van der Waals surface area contributed by atoms with Crippen LogP contribution in [-0.4, -0.2) is 15.1 Å². The molecule has 0 aliphatic carbocycles. The summed E-state index contributed by atoms with van der Waals surface area (Å²) < 4.78 is 5.65. The van der Waals surface area contributed by atoms with Gasteiger partial charge >= 0.3 is 0 Å². The van der Waals surface area contributed by atoms with Gasteiger partial charge in [0, 0.05) is 20.0 Å². The second-order valence-electron chi connectivity index (χ2n) is 6.05. The number of aryl methyl sites for hydroxylation is 1. The fourth-order valence-corrected chi connectivity index (χ4v) is 3.25. The van der Waals surface area contributed by atoms with E-state index in [1.807, 2.05) is 6.92 Å². The van der Waals surface area contributed by atoms with Gasteiger partial charge in [0.15, 0.2) is 0 Å². The van der Waals surface area contributed by atoms with Crippen LogP contribution in [0.25, 0.3) is 11.1 Å². The normalized spacial score (nSPS) is 15.6. The van der Waals surface area contributed by atoms with Crippen molar-refractivity contribution in [2.75, 3.05) is 0 Å². The van der Waals surface area contributed by atoms with Crippen LogP contribution in [0.3, 0.4) is 0 Å². The average Bonchev–Trinajstić information content (AvgIpc) is 2.93. The predicted octanol–water partition coefficient (Wildman–Crippen LogP) is 4.12. The summed E-state index contributed by atoms with van der Waals surface area (Å²) in [5, 5.41) is 8.18. The van der Waals surface area contributed by atoms with Crippen LogP contribution in [0.5, 0.6) is 0 Å². The Bertz CT molecular complexity index is 792. The number of aromatic nitrogens is 2. The summed E-state index contributed by atoms with van der Waals surface area (Å²) in [7, 11) is 0. The molecule has 1 aromatic heterocycles. The quantitative estimate of drug-likeness (QED) is 0.714. The molecule has 3 aromatic rings. The zero-order chi connectivity index (χ0) is 15.8. The van der Waals surface area contributed by atoms with Crippen molar-refractivity contribution in [3.8, 4) is 11.1 Å². The molecule has 2 aromatic carbocycles. The molecule has 0 saturated heterocycles. The standard InChI is InChI=1S/C19H19N3O/c1-13(19-21-20-14(2)23-19)22-11-15-7-3-5-9-17(15)18-10-6-4-8-16(18)12-22/h3-10,13H,11-12H2,1-2H3/t13-/m0/s1. The smallest absolute Gasteiger partial charge is 0.233 e. The van der Waals surface area contributed by atoms with Crippen LogP contribution in [0.4, 0.5) is 0 Å². The Balaban J connectivity index is 1.78. The van der Waals surface area contributed by atoms with Crippen LogP contribution >= 0.6 is 0 Å². The van der Waals surface area contributed by atoms with Gasteiger partial charge in [-0.2, -0.15) is 0 Å². The summed E-state index contributed by atoms with van der Waals surface area (Å²) in [5.74, 6) is 1.29. The van der Waals surface area contributed by atoms with Crippen LogP contribution < -0.4 is 0 Å². The molecular weight excluding hydrogens is 286 g/mol. The van der Waals surface area contributed by atoms with Crippen molar-refractivity contribution in [2.24, 2.45) is 0 Å². The number of rotatable bonds is 2. The van der Waals surface area contributed by atoms with E-state index in [4.69, 9.17) is 4.42 Å². The van der Waals surface area contributed by atoms with Gasteiger partial charge in [0.1, 0.15) is 0 Å².